The van der Waals surface area contributed by atoms with Crippen molar-refractivity contribution >= 4 is 29.1 Å². The van der Waals surface area contributed by atoms with E-state index >= 15 is 0 Å². The Balaban J connectivity index is 1.94. The fraction of sp³-hybridized carbons (Fsp3) is 0.471. The van der Waals surface area contributed by atoms with Crippen molar-refractivity contribution in [3.8, 4) is 0 Å². The molecule has 0 aliphatic heterocycles. The number of carbonyl (C=O) groups excluding carboxylic acids is 3. The van der Waals surface area contributed by atoms with Gasteiger partial charge in [-0.25, -0.2) is 0 Å². The number of hydrogen-bond acceptors (Lipinski definition) is 4. The van der Waals surface area contributed by atoms with E-state index in [1.165, 1.54) is 6.92 Å². The first-order chi connectivity index (χ1) is 11.5. The second-order valence-corrected chi connectivity index (χ2v) is 5.90. The van der Waals surface area contributed by atoms with Gasteiger partial charge >= 0.3 is 0 Å². The van der Waals surface area contributed by atoms with Gasteiger partial charge in [0.15, 0.2) is 0 Å². The van der Waals surface area contributed by atoms with Crippen molar-refractivity contribution in [2.75, 3.05) is 30.9 Å². The zero-order chi connectivity index (χ0) is 17.6. The van der Waals surface area contributed by atoms with E-state index < -0.39 is 5.41 Å². The maximum absolute atomic E-state index is 12.5. The van der Waals surface area contributed by atoms with Crippen LogP contribution >= 0.6 is 0 Å². The lowest BCUT2D eigenvalue weighted by Gasteiger charge is -2.16. The Morgan fingerprint density at radius 3 is 2.38 bits per heavy atom. The number of methoxy groups -OCH3 is 1. The summed E-state index contributed by atoms with van der Waals surface area (Å²) in [4.78, 5) is 35.8. The molecule has 2 rings (SSSR count). The lowest BCUT2D eigenvalue weighted by atomic mass is 10.0. The van der Waals surface area contributed by atoms with Crippen molar-refractivity contribution in [2.45, 2.75) is 26.2 Å². The minimum atomic E-state index is -0.975. The molecule has 1 aliphatic carbocycles. The average molecular weight is 333 g/mol. The van der Waals surface area contributed by atoms with E-state index in [0.717, 1.165) is 0 Å². The van der Waals surface area contributed by atoms with Gasteiger partial charge in [-0.2, -0.15) is 0 Å². The van der Waals surface area contributed by atoms with Crippen LogP contribution < -0.4 is 16.0 Å². The van der Waals surface area contributed by atoms with Crippen molar-refractivity contribution < 1.29 is 19.1 Å². The molecule has 1 aliphatic rings. The van der Waals surface area contributed by atoms with Crippen molar-refractivity contribution in [2.24, 2.45) is 5.41 Å². The highest BCUT2D eigenvalue weighted by atomic mass is 16.5. The summed E-state index contributed by atoms with van der Waals surface area (Å²) in [6.45, 7) is 2.47. The first-order valence-electron chi connectivity index (χ1n) is 7.94. The number of benzene rings is 1. The van der Waals surface area contributed by atoms with Gasteiger partial charge in [-0.1, -0.05) is 6.07 Å². The van der Waals surface area contributed by atoms with Crippen molar-refractivity contribution in [3.63, 3.8) is 0 Å². The van der Waals surface area contributed by atoms with Gasteiger partial charge in [-0.05, 0) is 37.5 Å². The second-order valence-electron chi connectivity index (χ2n) is 5.90. The fourth-order valence-corrected chi connectivity index (χ4v) is 2.40. The third-order valence-corrected chi connectivity index (χ3v) is 3.87. The van der Waals surface area contributed by atoms with Crippen LogP contribution in [-0.2, 0) is 19.1 Å². The summed E-state index contributed by atoms with van der Waals surface area (Å²) < 4.78 is 4.93. The quantitative estimate of drug-likeness (QED) is 0.496. The minimum Gasteiger partial charge on any atom is -0.385 e. The van der Waals surface area contributed by atoms with Crippen LogP contribution in [0.15, 0.2) is 24.3 Å². The van der Waals surface area contributed by atoms with Crippen molar-refractivity contribution in [1.29, 1.82) is 0 Å². The van der Waals surface area contributed by atoms with Gasteiger partial charge in [-0.3, -0.25) is 14.4 Å². The lowest BCUT2D eigenvalue weighted by Crippen LogP contribution is -2.40. The van der Waals surface area contributed by atoms with Crippen molar-refractivity contribution in [3.05, 3.63) is 24.3 Å². The molecule has 7 heteroatoms. The van der Waals surface area contributed by atoms with Crippen LogP contribution in [0.3, 0.4) is 0 Å². The summed E-state index contributed by atoms with van der Waals surface area (Å²) in [5.41, 5.74) is 0.163. The number of rotatable bonds is 8. The van der Waals surface area contributed by atoms with Gasteiger partial charge in [0.2, 0.25) is 17.7 Å². The van der Waals surface area contributed by atoms with E-state index in [2.05, 4.69) is 16.0 Å². The molecule has 0 spiro atoms. The molecule has 1 fully saturated rings. The molecule has 0 saturated heterocycles. The molecule has 1 aromatic carbocycles. The van der Waals surface area contributed by atoms with Crippen LogP contribution in [0, 0.1) is 5.41 Å². The highest BCUT2D eigenvalue weighted by molar-refractivity contribution is 6.13. The molecule has 3 amide bonds. The van der Waals surface area contributed by atoms with Crippen LogP contribution in [0.25, 0.3) is 0 Å². The van der Waals surface area contributed by atoms with E-state index in [4.69, 9.17) is 4.74 Å². The molecule has 0 heterocycles. The highest BCUT2D eigenvalue weighted by Gasteiger charge is 2.56. The smallest absolute Gasteiger partial charge is 0.240 e. The summed E-state index contributed by atoms with van der Waals surface area (Å²) in [7, 11) is 1.60. The zero-order valence-electron chi connectivity index (χ0n) is 14.0. The minimum absolute atomic E-state index is 0.187. The lowest BCUT2D eigenvalue weighted by molar-refractivity contribution is -0.134. The molecule has 0 unspecified atom stereocenters. The first-order valence-corrected chi connectivity index (χ1v) is 7.94. The molecular formula is C17H23N3O4. The predicted octanol–water partition coefficient (Wildman–Crippen LogP) is 1.52. The molecule has 0 radical (unpaired) electrons. The molecule has 1 aromatic rings. The molecule has 1 saturated carbocycles. The summed E-state index contributed by atoms with van der Waals surface area (Å²) in [5.74, 6) is -0.742. The highest BCUT2D eigenvalue weighted by Crippen LogP contribution is 2.46. The van der Waals surface area contributed by atoms with E-state index in [0.29, 0.717) is 43.8 Å². The van der Waals surface area contributed by atoms with Gasteiger partial charge in [0, 0.05) is 38.6 Å². The number of ether oxygens (including phenoxy) is 1. The van der Waals surface area contributed by atoms with Crippen LogP contribution in [0.5, 0.6) is 0 Å². The van der Waals surface area contributed by atoms with Crippen LogP contribution in [0.2, 0.25) is 0 Å². The molecule has 24 heavy (non-hydrogen) atoms. The Labute approximate surface area is 141 Å². The number of anilines is 2. The van der Waals surface area contributed by atoms with E-state index in [9.17, 15) is 14.4 Å². The molecular weight excluding hydrogens is 310 g/mol. The third-order valence-electron chi connectivity index (χ3n) is 3.87. The maximum Gasteiger partial charge on any atom is 0.240 e. The van der Waals surface area contributed by atoms with Crippen LogP contribution in [-0.4, -0.2) is 38.0 Å². The second kappa shape index (κ2) is 7.92. The average Bonchev–Trinajstić information content (AvgIpc) is 3.33. The normalized spacial score (nSPS) is 14.6. The van der Waals surface area contributed by atoms with Gasteiger partial charge in [0.1, 0.15) is 5.41 Å². The molecule has 0 aromatic heterocycles. The predicted molar refractivity (Wildman–Crippen MR) is 90.5 cm³/mol. The maximum atomic E-state index is 12.5. The summed E-state index contributed by atoms with van der Waals surface area (Å²) in [6.07, 6.45) is 1.79. The third kappa shape index (κ3) is 4.55. The SMILES string of the molecule is COCCCNC(=O)C1(C(=O)Nc2cccc(NC(C)=O)c2)CC1. The molecule has 130 valence electrons. The van der Waals surface area contributed by atoms with E-state index in [1.807, 2.05) is 0 Å². The van der Waals surface area contributed by atoms with Gasteiger partial charge in [0.05, 0.1) is 0 Å². The largest absolute Gasteiger partial charge is 0.385 e. The standard InChI is InChI=1S/C17H23N3O4/c1-12(21)19-13-5-3-6-14(11-13)20-16(23)17(7-8-17)15(22)18-9-4-10-24-2/h3,5-6,11H,4,7-10H2,1-2H3,(H,18,22)(H,19,21)(H,20,23). The van der Waals surface area contributed by atoms with Gasteiger partial charge < -0.3 is 20.7 Å². The summed E-state index contributed by atoms with van der Waals surface area (Å²) in [5, 5.41) is 8.21. The Morgan fingerprint density at radius 2 is 1.79 bits per heavy atom. The molecule has 0 bridgehead atoms. The Morgan fingerprint density at radius 1 is 1.12 bits per heavy atom. The monoisotopic (exact) mass is 333 g/mol. The van der Waals surface area contributed by atoms with Gasteiger partial charge in [0.25, 0.3) is 0 Å². The van der Waals surface area contributed by atoms with Crippen LogP contribution in [0.4, 0.5) is 11.4 Å². The summed E-state index contributed by atoms with van der Waals surface area (Å²) in [6, 6.07) is 6.83. The zero-order valence-corrected chi connectivity index (χ0v) is 14.0. The number of amides is 3. The van der Waals surface area contributed by atoms with E-state index in [1.54, 1.807) is 31.4 Å². The Bertz CT molecular complexity index is 626. The molecule has 7 nitrogen and oxygen atoms in total. The van der Waals surface area contributed by atoms with E-state index in [-0.39, 0.29) is 17.7 Å². The summed E-state index contributed by atoms with van der Waals surface area (Å²) >= 11 is 0. The number of hydrogen-bond donors (Lipinski definition) is 3. The van der Waals surface area contributed by atoms with Gasteiger partial charge in [-0.15, -0.1) is 0 Å². The first kappa shape index (κ1) is 17.9. The number of nitrogens with one attached hydrogen (secondary N) is 3. The molecule has 3 N–H and O–H groups in total. The number of carbonyl (C=O) groups is 3. The Kier molecular flexibility index (Phi) is 5.92. The Hall–Kier alpha value is -2.41. The van der Waals surface area contributed by atoms with Crippen LogP contribution in [0.1, 0.15) is 26.2 Å². The molecule has 0 atom stereocenters. The topological polar surface area (TPSA) is 96.5 Å². The van der Waals surface area contributed by atoms with Crippen molar-refractivity contribution in [1.82, 2.24) is 5.32 Å². The fourth-order valence-electron chi connectivity index (χ4n) is 2.40.